The van der Waals surface area contributed by atoms with Gasteiger partial charge in [-0.25, -0.2) is 4.79 Å². The summed E-state index contributed by atoms with van der Waals surface area (Å²) >= 11 is 0. The van der Waals surface area contributed by atoms with E-state index in [1.54, 1.807) is 12.1 Å². The molecule has 1 fully saturated rings. The average Bonchev–Trinajstić information content (AvgIpc) is 2.86. The van der Waals surface area contributed by atoms with Gasteiger partial charge < -0.3 is 14.6 Å². The van der Waals surface area contributed by atoms with Crippen LogP contribution >= 0.6 is 0 Å². The van der Waals surface area contributed by atoms with Crippen molar-refractivity contribution in [1.82, 2.24) is 0 Å². The molecule has 1 saturated heterocycles. The molecule has 2 rings (SSSR count). The maximum atomic E-state index is 12.0. The van der Waals surface area contributed by atoms with Crippen molar-refractivity contribution in [3.8, 4) is 0 Å². The zero-order valence-corrected chi connectivity index (χ0v) is 13.1. The van der Waals surface area contributed by atoms with Crippen LogP contribution in [-0.2, 0) is 28.6 Å². The summed E-state index contributed by atoms with van der Waals surface area (Å²) in [4.78, 5) is 11.4. The second-order valence-corrected chi connectivity index (χ2v) is 6.66. The summed E-state index contributed by atoms with van der Waals surface area (Å²) in [5.41, 5.74) is 0.925. The molecule has 0 bridgehead atoms. The molecule has 1 N–H and O–H groups in total. The van der Waals surface area contributed by atoms with Gasteiger partial charge in [-0.2, -0.15) is 8.42 Å². The van der Waals surface area contributed by atoms with Crippen LogP contribution in [0.5, 0.6) is 0 Å². The number of esters is 1. The minimum absolute atomic E-state index is 0.0232. The summed E-state index contributed by atoms with van der Waals surface area (Å²) in [6, 6.07) is 6.19. The van der Waals surface area contributed by atoms with Crippen LogP contribution in [0.3, 0.4) is 0 Å². The number of methoxy groups -OCH3 is 1. The Bertz CT molecular complexity index is 623. The summed E-state index contributed by atoms with van der Waals surface area (Å²) in [7, 11) is -2.73. The Labute approximate surface area is 128 Å². The van der Waals surface area contributed by atoms with Crippen LogP contribution in [-0.4, -0.2) is 51.5 Å². The molecule has 0 saturated carbocycles. The van der Waals surface area contributed by atoms with Gasteiger partial charge in [0, 0.05) is 6.42 Å². The number of carbonyl (C=O) groups is 1. The Morgan fingerprint density at radius 2 is 2.00 bits per heavy atom. The molecule has 3 atom stereocenters. The van der Waals surface area contributed by atoms with Gasteiger partial charge in [0.05, 0.1) is 24.7 Å². The van der Waals surface area contributed by atoms with Crippen molar-refractivity contribution in [1.29, 1.82) is 0 Å². The van der Waals surface area contributed by atoms with E-state index in [1.807, 2.05) is 6.92 Å². The van der Waals surface area contributed by atoms with Gasteiger partial charge in [0.25, 0.3) is 10.1 Å². The molecule has 1 heterocycles. The van der Waals surface area contributed by atoms with Crippen LogP contribution in [0.25, 0.3) is 0 Å². The molecule has 1 aliphatic rings. The molecule has 0 aliphatic carbocycles. The topological polar surface area (TPSA) is 99.1 Å². The Kier molecular flexibility index (Phi) is 5.17. The number of benzene rings is 1. The van der Waals surface area contributed by atoms with E-state index in [-0.39, 0.29) is 17.9 Å². The van der Waals surface area contributed by atoms with Crippen molar-refractivity contribution in [2.45, 2.75) is 36.6 Å². The Hall–Kier alpha value is -1.48. The lowest BCUT2D eigenvalue weighted by molar-refractivity contribution is -0.153. The lowest BCUT2D eigenvalue weighted by Crippen LogP contribution is -2.28. The van der Waals surface area contributed by atoms with Gasteiger partial charge in [0.15, 0.2) is 6.10 Å². The zero-order chi connectivity index (χ0) is 16.3. The summed E-state index contributed by atoms with van der Waals surface area (Å²) < 4.78 is 38.7. The molecule has 0 aromatic heterocycles. The number of aryl methyl sites for hydroxylation is 1. The number of aliphatic hydroxyl groups excluding tert-OH is 1. The first-order chi connectivity index (χ1) is 10.3. The fourth-order valence-electron chi connectivity index (χ4n) is 2.09. The van der Waals surface area contributed by atoms with Crippen molar-refractivity contribution < 1.29 is 32.0 Å². The molecule has 0 spiro atoms. The molecule has 122 valence electrons. The highest BCUT2D eigenvalue weighted by Gasteiger charge is 2.39. The highest BCUT2D eigenvalue weighted by molar-refractivity contribution is 7.86. The van der Waals surface area contributed by atoms with Crippen molar-refractivity contribution >= 4 is 16.1 Å². The van der Waals surface area contributed by atoms with Gasteiger partial charge in [-0.3, -0.25) is 4.18 Å². The number of aliphatic hydroxyl groups is 1. The predicted molar refractivity (Wildman–Crippen MR) is 75.6 cm³/mol. The van der Waals surface area contributed by atoms with E-state index in [0.717, 1.165) is 5.56 Å². The summed E-state index contributed by atoms with van der Waals surface area (Å²) in [6.45, 7) is 1.47. The molecular weight excluding hydrogens is 312 g/mol. The number of carbonyl (C=O) groups excluding carboxylic acids is 1. The normalized spacial score (nSPS) is 25.1. The molecule has 7 nitrogen and oxygen atoms in total. The van der Waals surface area contributed by atoms with Crippen molar-refractivity contribution in [2.24, 2.45) is 0 Å². The third kappa shape index (κ3) is 3.83. The maximum absolute atomic E-state index is 12.0. The molecule has 0 amide bonds. The van der Waals surface area contributed by atoms with Crippen LogP contribution in [0.4, 0.5) is 0 Å². The molecular formula is C14H18O7S. The van der Waals surface area contributed by atoms with Gasteiger partial charge in [-0.05, 0) is 19.1 Å². The fraction of sp³-hybridized carbons (Fsp3) is 0.500. The van der Waals surface area contributed by atoms with E-state index in [4.69, 9.17) is 8.92 Å². The highest BCUT2D eigenvalue weighted by atomic mass is 32.2. The first kappa shape index (κ1) is 16.9. The zero-order valence-electron chi connectivity index (χ0n) is 12.3. The predicted octanol–water partition coefficient (Wildman–Crippen LogP) is 0.392. The lowest BCUT2D eigenvalue weighted by atomic mass is 10.1. The third-order valence-corrected chi connectivity index (χ3v) is 4.68. The SMILES string of the molecule is COC(=O)[C@H]1C[C@H](O)[C@@H](COS(=O)(=O)c2ccc(C)cc2)O1. The molecule has 22 heavy (non-hydrogen) atoms. The number of ether oxygens (including phenoxy) is 2. The molecule has 0 radical (unpaired) electrons. The van der Waals surface area contributed by atoms with Gasteiger partial charge in [0.1, 0.15) is 6.10 Å². The molecule has 0 unspecified atom stereocenters. The second-order valence-electron chi connectivity index (χ2n) is 5.04. The second kappa shape index (κ2) is 6.74. The Balaban J connectivity index is 1.97. The van der Waals surface area contributed by atoms with Crippen LogP contribution in [0.1, 0.15) is 12.0 Å². The molecule has 1 aromatic carbocycles. The van der Waals surface area contributed by atoms with E-state index >= 15 is 0 Å². The van der Waals surface area contributed by atoms with Gasteiger partial charge >= 0.3 is 5.97 Å². The quantitative estimate of drug-likeness (QED) is 0.616. The van der Waals surface area contributed by atoms with E-state index < -0.39 is 34.4 Å². The van der Waals surface area contributed by atoms with Gasteiger partial charge in [0.2, 0.25) is 0 Å². The lowest BCUT2D eigenvalue weighted by Gasteiger charge is -2.14. The van der Waals surface area contributed by atoms with Crippen molar-refractivity contribution in [2.75, 3.05) is 13.7 Å². The minimum atomic E-state index is -3.94. The van der Waals surface area contributed by atoms with Crippen molar-refractivity contribution in [3.63, 3.8) is 0 Å². The number of hydrogen-bond donors (Lipinski definition) is 1. The van der Waals surface area contributed by atoms with Crippen LogP contribution in [0.15, 0.2) is 29.2 Å². The largest absolute Gasteiger partial charge is 0.467 e. The van der Waals surface area contributed by atoms with Crippen molar-refractivity contribution in [3.05, 3.63) is 29.8 Å². The monoisotopic (exact) mass is 330 g/mol. The molecule has 1 aliphatic heterocycles. The number of hydrogen-bond acceptors (Lipinski definition) is 7. The van der Waals surface area contributed by atoms with Crippen LogP contribution < -0.4 is 0 Å². The van der Waals surface area contributed by atoms with E-state index in [2.05, 4.69) is 4.74 Å². The highest BCUT2D eigenvalue weighted by Crippen LogP contribution is 2.23. The summed E-state index contributed by atoms with van der Waals surface area (Å²) in [6.07, 6.45) is -2.75. The summed E-state index contributed by atoms with van der Waals surface area (Å²) in [5.74, 6) is -0.608. The maximum Gasteiger partial charge on any atom is 0.335 e. The van der Waals surface area contributed by atoms with E-state index in [1.165, 1.54) is 19.2 Å². The van der Waals surface area contributed by atoms with Gasteiger partial charge in [-0.1, -0.05) is 17.7 Å². The van der Waals surface area contributed by atoms with Gasteiger partial charge in [-0.15, -0.1) is 0 Å². The van der Waals surface area contributed by atoms with E-state index in [9.17, 15) is 18.3 Å². The minimum Gasteiger partial charge on any atom is -0.467 e. The van der Waals surface area contributed by atoms with E-state index in [0.29, 0.717) is 0 Å². The number of rotatable bonds is 5. The smallest absolute Gasteiger partial charge is 0.335 e. The fourth-order valence-corrected chi connectivity index (χ4v) is 3.01. The first-order valence-electron chi connectivity index (χ1n) is 6.71. The summed E-state index contributed by atoms with van der Waals surface area (Å²) in [5, 5.41) is 9.80. The standard InChI is InChI=1S/C14H18O7S/c1-9-3-5-10(6-4-9)22(17,18)20-8-13-11(15)7-12(21-13)14(16)19-2/h3-6,11-13,15H,7-8H2,1-2H3/t11-,12+,13+/m0/s1. The van der Waals surface area contributed by atoms with Crippen LogP contribution in [0.2, 0.25) is 0 Å². The average molecular weight is 330 g/mol. The van der Waals surface area contributed by atoms with Crippen LogP contribution in [0, 0.1) is 6.92 Å². The first-order valence-corrected chi connectivity index (χ1v) is 8.12. The molecule has 1 aromatic rings. The Morgan fingerprint density at radius 3 is 2.59 bits per heavy atom. The Morgan fingerprint density at radius 1 is 1.36 bits per heavy atom. The molecule has 8 heteroatoms. The third-order valence-electron chi connectivity index (χ3n) is 3.38.